The van der Waals surface area contributed by atoms with Gasteiger partial charge in [-0.25, -0.2) is 14.6 Å². The molecule has 3 aromatic carbocycles. The number of ether oxygens (including phenoxy) is 6. The predicted molar refractivity (Wildman–Crippen MR) is 197 cm³/mol. The molecule has 0 amide bonds. The van der Waals surface area contributed by atoms with Crippen LogP contribution in [0.3, 0.4) is 0 Å². The number of fused-ring (bicyclic) bond motifs is 1. The van der Waals surface area contributed by atoms with Crippen LogP contribution in [0.1, 0.15) is 43.5 Å². The first-order valence-corrected chi connectivity index (χ1v) is 18.0. The van der Waals surface area contributed by atoms with Crippen molar-refractivity contribution in [3.8, 4) is 23.0 Å². The molecule has 0 bridgehead atoms. The Morgan fingerprint density at radius 1 is 0.980 bits per heavy atom. The third kappa shape index (κ3) is 8.44. The number of methoxy groups -OCH3 is 2. The van der Waals surface area contributed by atoms with Crippen LogP contribution in [-0.4, -0.2) is 50.5 Å². The van der Waals surface area contributed by atoms with Gasteiger partial charge in [0.15, 0.2) is 34.4 Å². The van der Waals surface area contributed by atoms with E-state index in [0.29, 0.717) is 63.5 Å². The van der Waals surface area contributed by atoms with E-state index in [1.807, 2.05) is 0 Å². The van der Waals surface area contributed by atoms with Gasteiger partial charge in [-0.3, -0.25) is 9.36 Å². The Morgan fingerprint density at radius 3 is 2.45 bits per heavy atom. The molecule has 268 valence electrons. The molecule has 11 nitrogen and oxygen atoms in total. The van der Waals surface area contributed by atoms with Crippen LogP contribution < -0.4 is 33.8 Å². The van der Waals surface area contributed by atoms with Crippen molar-refractivity contribution in [1.29, 1.82) is 0 Å². The quantitative estimate of drug-likeness (QED) is 0.141. The van der Waals surface area contributed by atoms with Gasteiger partial charge in [-0.15, -0.1) is 0 Å². The lowest BCUT2D eigenvalue weighted by atomic mass is 9.95. The van der Waals surface area contributed by atoms with Crippen molar-refractivity contribution in [2.24, 2.45) is 4.99 Å². The van der Waals surface area contributed by atoms with Gasteiger partial charge in [0.05, 0.1) is 49.3 Å². The number of carbonyl (C=O) groups is 2. The monoisotopic (exact) mass is 818 g/mol. The van der Waals surface area contributed by atoms with Crippen LogP contribution in [0, 0.1) is 0 Å². The van der Waals surface area contributed by atoms with Crippen LogP contribution >= 0.6 is 50.5 Å². The number of thiazole rings is 1. The fraction of sp³-hybridized carbons (Fsp3) is 0.278. The minimum absolute atomic E-state index is 0.0969. The van der Waals surface area contributed by atoms with E-state index in [0.717, 1.165) is 11.3 Å². The molecule has 15 heteroatoms. The molecule has 2 heterocycles. The molecule has 0 radical (unpaired) electrons. The fourth-order valence-corrected chi connectivity index (χ4v) is 7.27. The molecule has 5 rings (SSSR count). The number of halogens is 3. The third-order valence-corrected chi connectivity index (χ3v) is 9.64. The molecule has 51 heavy (non-hydrogen) atoms. The van der Waals surface area contributed by atoms with Crippen molar-refractivity contribution in [2.75, 3.05) is 34.0 Å². The summed E-state index contributed by atoms with van der Waals surface area (Å²) in [5.74, 6) is 0.208. The SMILES string of the molecule is CCOC(=O)C1=C(C)N=c2s/c(=C/c3cc(Br)cc(OC)c3OCc3ccc(Cl)cc3Cl)c(=O)n2[C@@H]1c1ccc(OCC(=O)OC)c(OCC)c1. The molecular formula is C36H33BrCl2N2O9S. The standard InChI is InChI=1S/C36H33BrCl2N2O9S/c1-6-47-27-13-20(9-11-26(27)49-18-30(42)46-5)32-31(35(44)48-7-2)19(3)40-36-41(32)34(43)29(51-36)14-22-12-23(37)15-28(45-4)33(22)50-17-21-8-10-24(38)16-25(21)39/h8-16,32H,6-7,17-18H2,1-5H3/b29-14+/t32-/m1/s1. The van der Waals surface area contributed by atoms with E-state index in [9.17, 15) is 14.4 Å². The summed E-state index contributed by atoms with van der Waals surface area (Å²) in [6.07, 6.45) is 1.69. The predicted octanol–water partition coefficient (Wildman–Crippen LogP) is 6.41. The zero-order chi connectivity index (χ0) is 36.8. The smallest absolute Gasteiger partial charge is 0.343 e. The Kier molecular flexibility index (Phi) is 12.5. The number of esters is 2. The summed E-state index contributed by atoms with van der Waals surface area (Å²) in [4.78, 5) is 44.7. The van der Waals surface area contributed by atoms with Crippen LogP contribution in [0.15, 0.2) is 74.1 Å². The number of allylic oxidation sites excluding steroid dienone is 1. The molecule has 1 atom stereocenters. The first kappa shape index (κ1) is 37.9. The normalized spacial score (nSPS) is 14.0. The molecule has 0 unspecified atom stereocenters. The largest absolute Gasteiger partial charge is 0.493 e. The van der Waals surface area contributed by atoms with Crippen LogP contribution in [-0.2, 0) is 25.7 Å². The molecule has 1 aromatic heterocycles. The summed E-state index contributed by atoms with van der Waals surface area (Å²) in [6.45, 7) is 5.35. The second-order valence-electron chi connectivity index (χ2n) is 10.9. The Bertz CT molecular complexity index is 2200. The van der Waals surface area contributed by atoms with Gasteiger partial charge >= 0.3 is 11.9 Å². The number of aromatic nitrogens is 1. The van der Waals surface area contributed by atoms with Gasteiger partial charge in [0.2, 0.25) is 0 Å². The molecule has 1 aliphatic heterocycles. The second kappa shape index (κ2) is 16.8. The van der Waals surface area contributed by atoms with Gasteiger partial charge in [0, 0.05) is 25.6 Å². The summed E-state index contributed by atoms with van der Waals surface area (Å²) in [7, 11) is 2.78. The van der Waals surface area contributed by atoms with E-state index in [1.54, 1.807) is 75.4 Å². The van der Waals surface area contributed by atoms with Crippen molar-refractivity contribution >= 4 is 68.5 Å². The Morgan fingerprint density at radius 2 is 1.76 bits per heavy atom. The Labute approximate surface area is 315 Å². The third-order valence-electron chi connectivity index (χ3n) is 7.62. The minimum atomic E-state index is -0.934. The van der Waals surface area contributed by atoms with E-state index < -0.39 is 23.5 Å². The van der Waals surface area contributed by atoms with Gasteiger partial charge in [0.25, 0.3) is 5.56 Å². The zero-order valence-electron chi connectivity index (χ0n) is 28.2. The molecule has 0 aliphatic carbocycles. The molecule has 4 aromatic rings. The van der Waals surface area contributed by atoms with Gasteiger partial charge in [-0.05, 0) is 68.8 Å². The van der Waals surface area contributed by atoms with E-state index >= 15 is 0 Å². The molecule has 0 N–H and O–H groups in total. The fourth-order valence-electron chi connectivity index (χ4n) is 5.32. The molecule has 0 saturated heterocycles. The van der Waals surface area contributed by atoms with Gasteiger partial charge < -0.3 is 28.4 Å². The Balaban J connectivity index is 1.66. The van der Waals surface area contributed by atoms with Crippen LogP contribution in [0.4, 0.5) is 0 Å². The highest BCUT2D eigenvalue weighted by molar-refractivity contribution is 9.10. The second-order valence-corrected chi connectivity index (χ2v) is 13.6. The lowest BCUT2D eigenvalue weighted by Crippen LogP contribution is -2.40. The maximum atomic E-state index is 14.4. The van der Waals surface area contributed by atoms with Crippen LogP contribution in [0.25, 0.3) is 6.08 Å². The van der Waals surface area contributed by atoms with E-state index in [-0.39, 0.29) is 37.8 Å². The van der Waals surface area contributed by atoms with Crippen LogP contribution in [0.2, 0.25) is 10.0 Å². The summed E-state index contributed by atoms with van der Waals surface area (Å²) in [5, 5.41) is 0.939. The minimum Gasteiger partial charge on any atom is -0.493 e. The molecule has 0 saturated carbocycles. The lowest BCUT2D eigenvalue weighted by molar-refractivity contribution is -0.143. The molecular weight excluding hydrogens is 787 g/mol. The van der Waals surface area contributed by atoms with E-state index in [1.165, 1.54) is 18.8 Å². The van der Waals surface area contributed by atoms with Gasteiger partial charge in [-0.2, -0.15) is 0 Å². The topological polar surface area (TPSA) is 124 Å². The lowest BCUT2D eigenvalue weighted by Gasteiger charge is -2.25. The molecule has 0 spiro atoms. The average molecular weight is 821 g/mol. The highest BCUT2D eigenvalue weighted by atomic mass is 79.9. The first-order valence-electron chi connectivity index (χ1n) is 15.6. The number of hydrogen-bond acceptors (Lipinski definition) is 11. The van der Waals surface area contributed by atoms with Crippen LogP contribution in [0.5, 0.6) is 23.0 Å². The number of benzene rings is 3. The van der Waals surface area contributed by atoms with Crippen molar-refractivity contribution < 1.29 is 38.0 Å². The van der Waals surface area contributed by atoms with Crippen molar-refractivity contribution in [3.05, 3.63) is 111 Å². The summed E-state index contributed by atoms with van der Waals surface area (Å²) >= 11 is 17.2. The van der Waals surface area contributed by atoms with E-state index in [2.05, 4.69) is 20.9 Å². The maximum Gasteiger partial charge on any atom is 0.343 e. The summed E-state index contributed by atoms with van der Waals surface area (Å²) < 4.78 is 36.0. The van der Waals surface area contributed by atoms with Gasteiger partial charge in [0.1, 0.15) is 6.61 Å². The zero-order valence-corrected chi connectivity index (χ0v) is 32.1. The molecule has 0 fully saturated rings. The Hall–Kier alpha value is -4.30. The highest BCUT2D eigenvalue weighted by Crippen LogP contribution is 2.38. The van der Waals surface area contributed by atoms with E-state index in [4.69, 9.17) is 51.6 Å². The first-order chi connectivity index (χ1) is 24.5. The number of hydrogen-bond donors (Lipinski definition) is 0. The highest BCUT2D eigenvalue weighted by Gasteiger charge is 2.34. The average Bonchev–Trinajstić information content (AvgIpc) is 3.40. The van der Waals surface area contributed by atoms with Crippen molar-refractivity contribution in [2.45, 2.75) is 33.4 Å². The number of nitrogens with zero attached hydrogens (tertiary/aromatic N) is 2. The summed E-state index contributed by atoms with van der Waals surface area (Å²) in [5.41, 5.74) is 1.94. The number of rotatable bonds is 13. The molecule has 1 aliphatic rings. The maximum absolute atomic E-state index is 14.4. The van der Waals surface area contributed by atoms with Crippen molar-refractivity contribution in [3.63, 3.8) is 0 Å². The number of carbonyl (C=O) groups excluding carboxylic acids is 2. The van der Waals surface area contributed by atoms with Crippen molar-refractivity contribution in [1.82, 2.24) is 4.57 Å². The summed E-state index contributed by atoms with van der Waals surface area (Å²) in [6, 6.07) is 12.7. The van der Waals surface area contributed by atoms with Gasteiger partial charge in [-0.1, -0.05) is 62.6 Å².